The van der Waals surface area contributed by atoms with Crippen molar-refractivity contribution in [3.63, 3.8) is 0 Å². The number of hydrogen-bond donors (Lipinski definition) is 0. The van der Waals surface area contributed by atoms with Gasteiger partial charge in [-0.3, -0.25) is 0 Å². The highest BCUT2D eigenvalue weighted by atomic mass is 16.3. The molecule has 0 unspecified atom stereocenters. The van der Waals surface area contributed by atoms with Gasteiger partial charge in [-0.15, -0.1) is 0 Å². The highest BCUT2D eigenvalue weighted by Crippen LogP contribution is 2.43. The minimum Gasteiger partial charge on any atom is -0.456 e. The zero-order valence-corrected chi connectivity index (χ0v) is 33.7. The minimum atomic E-state index is 0.845. The van der Waals surface area contributed by atoms with Crippen LogP contribution in [0.2, 0.25) is 0 Å². The van der Waals surface area contributed by atoms with E-state index >= 15 is 0 Å². The molecule has 0 spiro atoms. The van der Waals surface area contributed by atoms with Crippen LogP contribution < -0.4 is 9.80 Å². The van der Waals surface area contributed by atoms with E-state index in [0.717, 1.165) is 88.8 Å². The molecule has 0 saturated heterocycles. The van der Waals surface area contributed by atoms with Gasteiger partial charge in [0.2, 0.25) is 0 Å². The van der Waals surface area contributed by atoms with E-state index in [1.54, 1.807) is 0 Å². The molecule has 292 valence electrons. The second kappa shape index (κ2) is 14.7. The van der Waals surface area contributed by atoms with Gasteiger partial charge in [0.25, 0.3) is 0 Å². The van der Waals surface area contributed by atoms with Crippen LogP contribution >= 0.6 is 0 Å². The summed E-state index contributed by atoms with van der Waals surface area (Å²) in [4.78, 5) is 4.62. The summed E-state index contributed by atoms with van der Waals surface area (Å²) in [5.74, 6) is 0. The second-order valence-electron chi connectivity index (χ2n) is 15.8. The van der Waals surface area contributed by atoms with Gasteiger partial charge in [0.15, 0.2) is 0 Å². The maximum atomic E-state index is 6.55. The van der Waals surface area contributed by atoms with Crippen LogP contribution in [0.5, 0.6) is 0 Å². The summed E-state index contributed by atoms with van der Waals surface area (Å²) in [7, 11) is 0. The summed E-state index contributed by atoms with van der Waals surface area (Å²) >= 11 is 0. The van der Waals surface area contributed by atoms with Gasteiger partial charge in [-0.1, -0.05) is 121 Å². The maximum absolute atomic E-state index is 6.55. The molecule has 12 rings (SSSR count). The lowest BCUT2D eigenvalue weighted by molar-refractivity contribution is 0.668. The van der Waals surface area contributed by atoms with Crippen LogP contribution in [0.4, 0.5) is 34.1 Å². The second-order valence-corrected chi connectivity index (χ2v) is 15.8. The zero-order valence-electron chi connectivity index (χ0n) is 33.7. The fourth-order valence-corrected chi connectivity index (χ4v) is 8.96. The standard InChI is InChI=1S/C58H38N2O2/c1-5-13-39(14-6-1)41-21-25-47(26-22-41)59(45-17-9-3-10-18-45)49-29-31-55-53(37-49)51-33-43-34-52-54-38-50(30-32-56(54)62-58(52)36-44(43)35-57(51)61-55)60(46-19-11-4-12-20-46)48-27-23-42(24-28-48)40-15-7-2-8-16-40/h1-38H. The van der Waals surface area contributed by atoms with Gasteiger partial charge in [0.1, 0.15) is 22.3 Å². The molecular formula is C58H38N2O2. The summed E-state index contributed by atoms with van der Waals surface area (Å²) in [6.45, 7) is 0. The molecule has 4 heteroatoms. The highest BCUT2D eigenvalue weighted by molar-refractivity contribution is 6.16. The largest absolute Gasteiger partial charge is 0.456 e. The Kier molecular flexibility index (Phi) is 8.46. The van der Waals surface area contributed by atoms with Crippen LogP contribution in [-0.4, -0.2) is 0 Å². The Labute approximate surface area is 358 Å². The number of fused-ring (bicyclic) bond motifs is 7. The van der Waals surface area contributed by atoms with Crippen molar-refractivity contribution in [1.82, 2.24) is 0 Å². The normalized spacial score (nSPS) is 11.5. The maximum Gasteiger partial charge on any atom is 0.136 e. The summed E-state index contributed by atoms with van der Waals surface area (Å²) in [6, 6.07) is 81.6. The van der Waals surface area contributed by atoms with Gasteiger partial charge in [-0.25, -0.2) is 0 Å². The lowest BCUT2D eigenvalue weighted by Crippen LogP contribution is -2.09. The Balaban J connectivity index is 0.957. The Morgan fingerprint density at radius 2 is 0.532 bits per heavy atom. The van der Waals surface area contributed by atoms with Crippen molar-refractivity contribution in [2.45, 2.75) is 0 Å². The molecule has 0 aliphatic carbocycles. The first-order chi connectivity index (χ1) is 30.7. The number of hydrogen-bond acceptors (Lipinski definition) is 4. The Hall–Kier alpha value is -8.34. The summed E-state index contributed by atoms with van der Waals surface area (Å²) < 4.78 is 13.1. The van der Waals surface area contributed by atoms with Crippen molar-refractivity contribution in [2.24, 2.45) is 0 Å². The van der Waals surface area contributed by atoms with E-state index in [0.29, 0.717) is 0 Å². The van der Waals surface area contributed by atoms with Crippen LogP contribution in [0.1, 0.15) is 0 Å². The van der Waals surface area contributed by atoms with Crippen LogP contribution in [-0.2, 0) is 0 Å². The van der Waals surface area contributed by atoms with E-state index in [1.165, 1.54) is 22.3 Å². The lowest BCUT2D eigenvalue weighted by Gasteiger charge is -2.25. The summed E-state index contributed by atoms with van der Waals surface area (Å²) in [5, 5.41) is 6.47. The molecule has 0 aliphatic rings. The van der Waals surface area contributed by atoms with E-state index in [1.807, 2.05) is 0 Å². The Bertz CT molecular complexity index is 3310. The SMILES string of the molecule is c1ccc(-c2ccc(N(c3ccccc3)c3ccc4oc5cc6cc7oc8ccc(N(c9ccccc9)c9ccc(-c%10ccccc%10)cc9)cc8c7cc6cc5c4c3)cc2)cc1. The van der Waals surface area contributed by atoms with Crippen molar-refractivity contribution in [3.05, 3.63) is 231 Å². The molecule has 0 fully saturated rings. The van der Waals surface area contributed by atoms with Crippen molar-refractivity contribution in [2.75, 3.05) is 9.80 Å². The molecule has 4 nitrogen and oxygen atoms in total. The third-order valence-corrected chi connectivity index (χ3v) is 12.0. The number of rotatable bonds is 8. The van der Waals surface area contributed by atoms with Crippen molar-refractivity contribution in [1.29, 1.82) is 0 Å². The molecule has 0 amide bonds. The molecule has 10 aromatic carbocycles. The van der Waals surface area contributed by atoms with E-state index in [9.17, 15) is 0 Å². The van der Waals surface area contributed by atoms with Gasteiger partial charge in [-0.05, 0) is 142 Å². The molecule has 2 aromatic heterocycles. The van der Waals surface area contributed by atoms with Crippen LogP contribution in [0.15, 0.2) is 239 Å². The van der Waals surface area contributed by atoms with Crippen LogP contribution in [0.25, 0.3) is 76.9 Å². The molecule has 0 radical (unpaired) electrons. The number of nitrogens with zero attached hydrogens (tertiary/aromatic N) is 2. The first-order valence-electron chi connectivity index (χ1n) is 21.0. The van der Waals surface area contributed by atoms with E-state index in [-0.39, 0.29) is 0 Å². The van der Waals surface area contributed by atoms with Crippen molar-refractivity contribution < 1.29 is 8.83 Å². The predicted molar refractivity (Wildman–Crippen MR) is 259 cm³/mol. The van der Waals surface area contributed by atoms with Crippen molar-refractivity contribution in [3.8, 4) is 22.3 Å². The van der Waals surface area contributed by atoms with E-state index in [2.05, 4.69) is 240 Å². The Morgan fingerprint density at radius 3 is 0.935 bits per heavy atom. The topological polar surface area (TPSA) is 32.8 Å². The monoisotopic (exact) mass is 794 g/mol. The molecule has 0 N–H and O–H groups in total. The smallest absolute Gasteiger partial charge is 0.136 e. The molecule has 0 atom stereocenters. The first kappa shape index (κ1) is 35.6. The van der Waals surface area contributed by atoms with E-state index in [4.69, 9.17) is 8.83 Å². The van der Waals surface area contributed by atoms with E-state index < -0.39 is 0 Å². The molecule has 0 aliphatic heterocycles. The average molecular weight is 795 g/mol. The average Bonchev–Trinajstić information content (AvgIpc) is 3.88. The summed E-state index contributed by atoms with van der Waals surface area (Å²) in [5.41, 5.74) is 14.6. The van der Waals surface area contributed by atoms with Gasteiger partial charge in [0, 0.05) is 55.7 Å². The fourth-order valence-electron chi connectivity index (χ4n) is 8.96. The van der Waals surface area contributed by atoms with Crippen LogP contribution in [0.3, 0.4) is 0 Å². The number of para-hydroxylation sites is 2. The molecular weight excluding hydrogens is 757 g/mol. The van der Waals surface area contributed by atoms with Crippen LogP contribution in [0, 0.1) is 0 Å². The quantitative estimate of drug-likeness (QED) is 0.153. The molecule has 62 heavy (non-hydrogen) atoms. The van der Waals surface area contributed by atoms with Gasteiger partial charge >= 0.3 is 0 Å². The fraction of sp³-hybridized carbons (Fsp3) is 0. The molecule has 2 heterocycles. The third-order valence-electron chi connectivity index (χ3n) is 12.0. The summed E-state index contributed by atoms with van der Waals surface area (Å²) in [6.07, 6.45) is 0. The minimum absolute atomic E-state index is 0.845. The molecule has 0 saturated carbocycles. The van der Waals surface area contributed by atoms with Crippen molar-refractivity contribution >= 4 is 88.8 Å². The zero-order chi connectivity index (χ0) is 41.0. The van der Waals surface area contributed by atoms with Gasteiger partial charge in [-0.2, -0.15) is 0 Å². The molecule has 12 aromatic rings. The predicted octanol–water partition coefficient (Wildman–Crippen LogP) is 16.9. The first-order valence-corrected chi connectivity index (χ1v) is 21.0. The number of furan rings is 2. The highest BCUT2D eigenvalue weighted by Gasteiger charge is 2.19. The Morgan fingerprint density at radius 1 is 0.226 bits per heavy atom. The van der Waals surface area contributed by atoms with Gasteiger partial charge in [0.05, 0.1) is 0 Å². The van der Waals surface area contributed by atoms with Gasteiger partial charge < -0.3 is 18.6 Å². The number of anilines is 6. The lowest BCUT2D eigenvalue weighted by atomic mass is 10.0. The third kappa shape index (κ3) is 6.25. The molecule has 0 bridgehead atoms. The number of benzene rings is 10.